The minimum Gasteiger partial charge on any atom is -0.487 e. The molecule has 1 aliphatic heterocycles. The summed E-state index contributed by atoms with van der Waals surface area (Å²) in [7, 11) is 1.59. The number of likely N-dealkylation sites (tertiary alicyclic amines) is 1. The van der Waals surface area contributed by atoms with Gasteiger partial charge in [0.2, 0.25) is 11.8 Å². The summed E-state index contributed by atoms with van der Waals surface area (Å²) in [5.74, 6) is 0.460. The predicted molar refractivity (Wildman–Crippen MR) is 97.6 cm³/mol. The lowest BCUT2D eigenvalue weighted by Crippen LogP contribution is -2.45. The molecule has 2 unspecified atom stereocenters. The van der Waals surface area contributed by atoms with Crippen LogP contribution in [0.2, 0.25) is 0 Å². The van der Waals surface area contributed by atoms with Gasteiger partial charge in [-0.15, -0.1) is 0 Å². The fraction of sp³-hybridized carbons (Fsp3) is 0.350. The molecule has 0 spiro atoms. The number of nitrogens with zero attached hydrogens (tertiary/aromatic N) is 2. The van der Waals surface area contributed by atoms with Gasteiger partial charge >= 0.3 is 0 Å². The summed E-state index contributed by atoms with van der Waals surface area (Å²) in [6, 6.07) is 13.0. The SMILES string of the molecule is CNC(=O)C1CC(Oc2cccnc2)CN1C(=O)CCc1ccccc1. The molecule has 1 N–H and O–H groups in total. The van der Waals surface area contributed by atoms with E-state index >= 15 is 0 Å². The molecule has 0 saturated carbocycles. The number of ether oxygens (including phenoxy) is 1. The first kappa shape index (κ1) is 17.9. The molecule has 0 aliphatic carbocycles. The largest absolute Gasteiger partial charge is 0.487 e. The highest BCUT2D eigenvalue weighted by Gasteiger charge is 2.40. The Hall–Kier alpha value is -2.89. The molecule has 1 fully saturated rings. The smallest absolute Gasteiger partial charge is 0.242 e. The second-order valence-corrected chi connectivity index (χ2v) is 6.33. The van der Waals surface area contributed by atoms with Crippen molar-refractivity contribution in [1.82, 2.24) is 15.2 Å². The van der Waals surface area contributed by atoms with Crippen LogP contribution in [0.3, 0.4) is 0 Å². The summed E-state index contributed by atoms with van der Waals surface area (Å²) in [6.07, 6.45) is 4.60. The van der Waals surface area contributed by atoms with Crippen LogP contribution in [0.1, 0.15) is 18.4 Å². The Kier molecular flexibility index (Phi) is 5.84. The second kappa shape index (κ2) is 8.47. The maximum atomic E-state index is 12.7. The molecular weight excluding hydrogens is 330 g/mol. The third-order valence-electron chi connectivity index (χ3n) is 4.54. The van der Waals surface area contributed by atoms with E-state index in [0.717, 1.165) is 5.56 Å². The number of amides is 2. The standard InChI is InChI=1S/C20H23N3O3/c1-21-20(25)18-12-17(26-16-8-5-11-22-13-16)14-23(18)19(24)10-9-15-6-3-2-4-7-15/h2-8,11,13,17-18H,9-10,12,14H2,1H3,(H,21,25). The molecule has 2 amide bonds. The minimum absolute atomic E-state index is 0.0280. The second-order valence-electron chi connectivity index (χ2n) is 6.33. The molecule has 2 heterocycles. The fourth-order valence-corrected chi connectivity index (χ4v) is 3.22. The van der Waals surface area contributed by atoms with E-state index in [2.05, 4.69) is 10.3 Å². The average molecular weight is 353 g/mol. The molecular formula is C20H23N3O3. The molecule has 1 saturated heterocycles. The van der Waals surface area contributed by atoms with Crippen LogP contribution in [-0.4, -0.2) is 47.4 Å². The van der Waals surface area contributed by atoms with Gasteiger partial charge < -0.3 is 15.0 Å². The molecule has 6 heteroatoms. The predicted octanol–water partition coefficient (Wildman–Crippen LogP) is 1.81. The summed E-state index contributed by atoms with van der Waals surface area (Å²) in [5, 5.41) is 2.65. The van der Waals surface area contributed by atoms with Crippen LogP contribution in [-0.2, 0) is 16.0 Å². The Morgan fingerprint density at radius 3 is 2.73 bits per heavy atom. The number of aromatic nitrogens is 1. The average Bonchev–Trinajstić information content (AvgIpc) is 3.11. The van der Waals surface area contributed by atoms with Crippen molar-refractivity contribution >= 4 is 11.8 Å². The van der Waals surface area contributed by atoms with Gasteiger partial charge in [0.25, 0.3) is 0 Å². The number of likely N-dealkylation sites (N-methyl/N-ethyl adjacent to an activating group) is 1. The summed E-state index contributed by atoms with van der Waals surface area (Å²) < 4.78 is 5.91. The van der Waals surface area contributed by atoms with Crippen molar-refractivity contribution in [3.63, 3.8) is 0 Å². The van der Waals surface area contributed by atoms with Crippen molar-refractivity contribution in [2.75, 3.05) is 13.6 Å². The third-order valence-corrected chi connectivity index (χ3v) is 4.54. The van der Waals surface area contributed by atoms with E-state index in [1.807, 2.05) is 36.4 Å². The molecule has 1 aliphatic rings. The van der Waals surface area contributed by atoms with E-state index in [0.29, 0.717) is 31.6 Å². The lowest BCUT2D eigenvalue weighted by Gasteiger charge is -2.23. The fourth-order valence-electron chi connectivity index (χ4n) is 3.22. The number of carbonyl (C=O) groups excluding carboxylic acids is 2. The maximum Gasteiger partial charge on any atom is 0.242 e. The molecule has 0 bridgehead atoms. The van der Waals surface area contributed by atoms with Crippen LogP contribution in [0, 0.1) is 0 Å². The third kappa shape index (κ3) is 4.39. The highest BCUT2D eigenvalue weighted by atomic mass is 16.5. The van der Waals surface area contributed by atoms with Crippen molar-refractivity contribution in [3.05, 3.63) is 60.4 Å². The molecule has 3 rings (SSSR count). The Balaban J connectivity index is 1.64. The molecule has 2 aromatic rings. The summed E-state index contributed by atoms with van der Waals surface area (Å²) in [6.45, 7) is 0.403. The van der Waals surface area contributed by atoms with Crippen molar-refractivity contribution in [2.45, 2.75) is 31.4 Å². The summed E-state index contributed by atoms with van der Waals surface area (Å²) in [5.41, 5.74) is 1.11. The van der Waals surface area contributed by atoms with E-state index in [4.69, 9.17) is 4.74 Å². The van der Waals surface area contributed by atoms with Gasteiger partial charge in [0.15, 0.2) is 0 Å². The summed E-state index contributed by atoms with van der Waals surface area (Å²) >= 11 is 0. The van der Waals surface area contributed by atoms with Crippen LogP contribution in [0.25, 0.3) is 0 Å². The van der Waals surface area contributed by atoms with E-state index < -0.39 is 6.04 Å². The number of rotatable bonds is 6. The van der Waals surface area contributed by atoms with Crippen molar-refractivity contribution < 1.29 is 14.3 Å². The quantitative estimate of drug-likeness (QED) is 0.860. The Morgan fingerprint density at radius 2 is 2.04 bits per heavy atom. The number of hydrogen-bond acceptors (Lipinski definition) is 4. The number of hydrogen-bond donors (Lipinski definition) is 1. The highest BCUT2D eigenvalue weighted by Crippen LogP contribution is 2.24. The van der Waals surface area contributed by atoms with Crippen molar-refractivity contribution in [1.29, 1.82) is 0 Å². The molecule has 6 nitrogen and oxygen atoms in total. The molecule has 26 heavy (non-hydrogen) atoms. The van der Waals surface area contributed by atoms with Gasteiger partial charge in [-0.3, -0.25) is 14.6 Å². The first-order chi connectivity index (χ1) is 12.7. The molecule has 2 atom stereocenters. The number of benzene rings is 1. The van der Waals surface area contributed by atoms with Crippen LogP contribution in [0.5, 0.6) is 5.75 Å². The monoisotopic (exact) mass is 353 g/mol. The van der Waals surface area contributed by atoms with Gasteiger partial charge in [0, 0.05) is 26.1 Å². The number of nitrogens with one attached hydrogen (secondary N) is 1. The molecule has 0 radical (unpaired) electrons. The van der Waals surface area contributed by atoms with Crippen molar-refractivity contribution in [2.24, 2.45) is 0 Å². The van der Waals surface area contributed by atoms with Gasteiger partial charge in [-0.05, 0) is 24.1 Å². The van der Waals surface area contributed by atoms with Gasteiger partial charge in [-0.25, -0.2) is 0 Å². The number of carbonyl (C=O) groups is 2. The van der Waals surface area contributed by atoms with Gasteiger partial charge in [0.1, 0.15) is 17.9 Å². The van der Waals surface area contributed by atoms with Gasteiger partial charge in [0.05, 0.1) is 12.7 Å². The Bertz CT molecular complexity index is 736. The molecule has 136 valence electrons. The zero-order chi connectivity index (χ0) is 18.4. The van der Waals surface area contributed by atoms with E-state index in [-0.39, 0.29) is 17.9 Å². The van der Waals surface area contributed by atoms with Crippen LogP contribution in [0.15, 0.2) is 54.9 Å². The number of aryl methyl sites for hydroxylation is 1. The maximum absolute atomic E-state index is 12.7. The zero-order valence-corrected chi connectivity index (χ0v) is 14.8. The molecule has 1 aromatic carbocycles. The first-order valence-electron chi connectivity index (χ1n) is 8.79. The summed E-state index contributed by atoms with van der Waals surface area (Å²) in [4.78, 5) is 30.6. The Labute approximate surface area is 153 Å². The zero-order valence-electron chi connectivity index (χ0n) is 14.8. The van der Waals surface area contributed by atoms with Gasteiger partial charge in [-0.2, -0.15) is 0 Å². The van der Waals surface area contributed by atoms with Crippen molar-refractivity contribution in [3.8, 4) is 5.75 Å². The highest BCUT2D eigenvalue weighted by molar-refractivity contribution is 5.88. The van der Waals surface area contributed by atoms with Gasteiger partial charge in [-0.1, -0.05) is 30.3 Å². The van der Waals surface area contributed by atoms with Crippen LogP contribution >= 0.6 is 0 Å². The van der Waals surface area contributed by atoms with E-state index in [9.17, 15) is 9.59 Å². The van der Waals surface area contributed by atoms with E-state index in [1.165, 1.54) is 0 Å². The molecule has 1 aromatic heterocycles. The lowest BCUT2D eigenvalue weighted by atomic mass is 10.1. The number of pyridine rings is 1. The van der Waals surface area contributed by atoms with E-state index in [1.54, 1.807) is 30.4 Å². The first-order valence-corrected chi connectivity index (χ1v) is 8.79. The Morgan fingerprint density at radius 1 is 1.23 bits per heavy atom. The van der Waals surface area contributed by atoms with Crippen LogP contribution in [0.4, 0.5) is 0 Å². The lowest BCUT2D eigenvalue weighted by molar-refractivity contribution is -0.138. The normalized spacial score (nSPS) is 19.2. The topological polar surface area (TPSA) is 71.5 Å². The van der Waals surface area contributed by atoms with Crippen LogP contribution < -0.4 is 10.1 Å². The minimum atomic E-state index is -0.495.